The molecule has 2 aliphatic carbocycles. The van der Waals surface area contributed by atoms with Crippen molar-refractivity contribution < 1.29 is 9.59 Å². The Kier molecular flexibility index (Phi) is 4.12. The molecule has 0 bridgehead atoms. The fraction of sp³-hybridized carbons (Fsp3) is 0.286. The van der Waals surface area contributed by atoms with E-state index in [4.69, 9.17) is 0 Å². The summed E-state index contributed by atoms with van der Waals surface area (Å²) in [6.07, 6.45) is 12.6. The highest BCUT2D eigenvalue weighted by atomic mass is 16.2. The van der Waals surface area contributed by atoms with E-state index in [9.17, 15) is 9.59 Å². The third-order valence-corrected chi connectivity index (χ3v) is 2.82. The van der Waals surface area contributed by atoms with Crippen molar-refractivity contribution in [1.82, 2.24) is 10.6 Å². The zero-order valence-corrected chi connectivity index (χ0v) is 10.1. The van der Waals surface area contributed by atoms with Gasteiger partial charge in [0.2, 0.25) is 11.8 Å². The molecule has 0 aliphatic heterocycles. The zero-order valence-electron chi connectivity index (χ0n) is 10.1. The van der Waals surface area contributed by atoms with Crippen molar-refractivity contribution in [1.29, 1.82) is 0 Å². The third-order valence-electron chi connectivity index (χ3n) is 2.82. The number of amides is 2. The van der Waals surface area contributed by atoms with Crippen molar-refractivity contribution >= 4 is 11.8 Å². The molecule has 2 rings (SSSR count). The summed E-state index contributed by atoms with van der Waals surface area (Å²) in [5, 5.41) is 5.55. The van der Waals surface area contributed by atoms with E-state index in [1.165, 1.54) is 0 Å². The Labute approximate surface area is 106 Å². The summed E-state index contributed by atoms with van der Waals surface area (Å²) in [6, 6.07) is 0. The van der Waals surface area contributed by atoms with Crippen molar-refractivity contribution in [2.24, 2.45) is 0 Å². The minimum absolute atomic E-state index is 0.0593. The molecule has 0 fully saturated rings. The molecule has 2 aliphatic rings. The molecule has 2 N–H and O–H groups in total. The topological polar surface area (TPSA) is 58.2 Å². The van der Waals surface area contributed by atoms with Crippen LogP contribution in [0.25, 0.3) is 0 Å². The predicted molar refractivity (Wildman–Crippen MR) is 69.7 cm³/mol. The summed E-state index contributed by atoms with van der Waals surface area (Å²) < 4.78 is 0. The Morgan fingerprint density at radius 1 is 0.889 bits per heavy atom. The average Bonchev–Trinajstić information content (AvgIpc) is 3.05. The molecule has 4 nitrogen and oxygen atoms in total. The van der Waals surface area contributed by atoms with Crippen molar-refractivity contribution in [3.63, 3.8) is 0 Å². The maximum absolute atomic E-state index is 11.6. The molecule has 2 amide bonds. The van der Waals surface area contributed by atoms with Gasteiger partial charge in [-0.1, -0.05) is 36.5 Å². The van der Waals surface area contributed by atoms with Crippen LogP contribution in [0.3, 0.4) is 0 Å². The van der Waals surface area contributed by atoms with Gasteiger partial charge in [0.1, 0.15) is 0 Å². The second-order valence-electron chi connectivity index (χ2n) is 4.16. The molecule has 0 unspecified atom stereocenters. The molecular weight excluding hydrogens is 228 g/mol. The second-order valence-corrected chi connectivity index (χ2v) is 4.16. The van der Waals surface area contributed by atoms with Gasteiger partial charge in [-0.25, -0.2) is 0 Å². The minimum atomic E-state index is -0.0593. The lowest BCUT2D eigenvalue weighted by Gasteiger charge is -2.07. The first kappa shape index (κ1) is 12.4. The van der Waals surface area contributed by atoms with Gasteiger partial charge in [0.05, 0.1) is 0 Å². The average molecular weight is 244 g/mol. The second kappa shape index (κ2) is 6.00. The van der Waals surface area contributed by atoms with Crippen LogP contribution in [-0.2, 0) is 9.59 Å². The van der Waals surface area contributed by atoms with E-state index in [0.717, 1.165) is 11.1 Å². The van der Waals surface area contributed by atoms with Crippen LogP contribution >= 0.6 is 0 Å². The molecule has 0 radical (unpaired) electrons. The zero-order chi connectivity index (χ0) is 12.8. The molecule has 94 valence electrons. The van der Waals surface area contributed by atoms with Crippen LogP contribution in [0.1, 0.15) is 12.8 Å². The number of carbonyl (C=O) groups is 2. The first-order valence-corrected chi connectivity index (χ1v) is 6.05. The lowest BCUT2D eigenvalue weighted by Crippen LogP contribution is -2.35. The van der Waals surface area contributed by atoms with Gasteiger partial charge in [0.15, 0.2) is 0 Å². The Morgan fingerprint density at radius 2 is 1.33 bits per heavy atom. The van der Waals surface area contributed by atoms with Crippen molar-refractivity contribution in [3.8, 4) is 0 Å². The lowest BCUT2D eigenvalue weighted by atomic mass is 10.2. The first-order chi connectivity index (χ1) is 8.77. The Bertz CT molecular complexity index is 426. The van der Waals surface area contributed by atoms with E-state index in [0.29, 0.717) is 25.9 Å². The first-order valence-electron chi connectivity index (χ1n) is 6.05. The molecule has 0 aromatic carbocycles. The highest BCUT2D eigenvalue weighted by molar-refractivity contribution is 5.95. The normalized spacial score (nSPS) is 16.4. The quantitative estimate of drug-likeness (QED) is 0.709. The smallest absolute Gasteiger partial charge is 0.247 e. The Hall–Kier alpha value is -2.10. The molecule has 4 heteroatoms. The van der Waals surface area contributed by atoms with E-state index >= 15 is 0 Å². The Morgan fingerprint density at radius 3 is 1.67 bits per heavy atom. The molecule has 0 saturated carbocycles. The maximum atomic E-state index is 11.6. The van der Waals surface area contributed by atoms with Crippen LogP contribution < -0.4 is 10.6 Å². The van der Waals surface area contributed by atoms with Gasteiger partial charge in [-0.05, 0) is 12.8 Å². The maximum Gasteiger partial charge on any atom is 0.247 e. The van der Waals surface area contributed by atoms with E-state index in [-0.39, 0.29) is 11.8 Å². The number of hydrogen-bond donors (Lipinski definition) is 2. The summed E-state index contributed by atoms with van der Waals surface area (Å²) in [5.74, 6) is -0.119. The lowest BCUT2D eigenvalue weighted by molar-refractivity contribution is -0.119. The SMILES string of the molecule is O=C(NCCNC(=O)C1=CC=CC1)C1=CC=CC1. The van der Waals surface area contributed by atoms with Crippen LogP contribution in [0.2, 0.25) is 0 Å². The number of nitrogens with one attached hydrogen (secondary N) is 2. The third kappa shape index (κ3) is 3.20. The highest BCUT2D eigenvalue weighted by Gasteiger charge is 2.11. The van der Waals surface area contributed by atoms with Crippen molar-refractivity contribution in [2.45, 2.75) is 12.8 Å². The molecule has 0 saturated heterocycles. The van der Waals surface area contributed by atoms with Crippen LogP contribution in [0, 0.1) is 0 Å². The fourth-order valence-electron chi connectivity index (χ4n) is 1.81. The highest BCUT2D eigenvalue weighted by Crippen LogP contribution is 2.10. The van der Waals surface area contributed by atoms with Crippen molar-refractivity contribution in [2.75, 3.05) is 13.1 Å². The number of allylic oxidation sites excluding steroid dienone is 6. The van der Waals surface area contributed by atoms with Crippen LogP contribution in [-0.4, -0.2) is 24.9 Å². The van der Waals surface area contributed by atoms with E-state index < -0.39 is 0 Å². The van der Waals surface area contributed by atoms with Crippen LogP contribution in [0.5, 0.6) is 0 Å². The van der Waals surface area contributed by atoms with Gasteiger partial charge in [-0.2, -0.15) is 0 Å². The monoisotopic (exact) mass is 244 g/mol. The standard InChI is InChI=1S/C14H16N2O2/c17-13(11-5-1-2-6-11)15-9-10-16-14(18)12-7-3-4-8-12/h1-5,7H,6,8-10H2,(H,15,17)(H,16,18). The summed E-state index contributed by atoms with van der Waals surface area (Å²) in [5.41, 5.74) is 1.54. The van der Waals surface area contributed by atoms with Gasteiger partial charge in [-0.3, -0.25) is 9.59 Å². The molecule has 0 aromatic rings. The van der Waals surface area contributed by atoms with E-state index in [1.807, 2.05) is 36.5 Å². The largest absolute Gasteiger partial charge is 0.351 e. The summed E-state index contributed by atoms with van der Waals surface area (Å²) >= 11 is 0. The molecular formula is C14H16N2O2. The molecule has 0 spiro atoms. The van der Waals surface area contributed by atoms with Gasteiger partial charge >= 0.3 is 0 Å². The van der Waals surface area contributed by atoms with Crippen LogP contribution in [0.4, 0.5) is 0 Å². The molecule has 18 heavy (non-hydrogen) atoms. The number of carbonyl (C=O) groups excluding carboxylic acids is 2. The summed E-state index contributed by atoms with van der Waals surface area (Å²) in [6.45, 7) is 0.894. The summed E-state index contributed by atoms with van der Waals surface area (Å²) in [7, 11) is 0. The van der Waals surface area contributed by atoms with Crippen LogP contribution in [0.15, 0.2) is 47.6 Å². The molecule has 0 atom stereocenters. The predicted octanol–water partition coefficient (Wildman–Crippen LogP) is 0.991. The van der Waals surface area contributed by atoms with Crippen molar-refractivity contribution in [3.05, 3.63) is 47.6 Å². The number of hydrogen-bond acceptors (Lipinski definition) is 2. The number of rotatable bonds is 5. The Balaban J connectivity index is 1.61. The van der Waals surface area contributed by atoms with E-state index in [1.54, 1.807) is 0 Å². The minimum Gasteiger partial charge on any atom is -0.351 e. The van der Waals surface area contributed by atoms with Gasteiger partial charge in [0.25, 0.3) is 0 Å². The van der Waals surface area contributed by atoms with Gasteiger partial charge in [-0.15, -0.1) is 0 Å². The molecule has 0 heterocycles. The fourth-order valence-corrected chi connectivity index (χ4v) is 1.81. The van der Waals surface area contributed by atoms with E-state index in [2.05, 4.69) is 10.6 Å². The summed E-state index contributed by atoms with van der Waals surface area (Å²) in [4.78, 5) is 23.2. The van der Waals surface area contributed by atoms with Gasteiger partial charge in [0, 0.05) is 24.2 Å². The van der Waals surface area contributed by atoms with Gasteiger partial charge < -0.3 is 10.6 Å². The molecule has 0 aromatic heterocycles.